The number of hydrogen-bond acceptors (Lipinski definition) is 2. The number of rotatable bonds is 3. The highest BCUT2D eigenvalue weighted by molar-refractivity contribution is 6.31. The van der Waals surface area contributed by atoms with Crippen LogP contribution in [0.25, 0.3) is 11.0 Å². The van der Waals surface area contributed by atoms with E-state index < -0.39 is 0 Å². The summed E-state index contributed by atoms with van der Waals surface area (Å²) in [7, 11) is 0. The molecule has 3 rings (SSSR count). The molecule has 2 atom stereocenters. The molecule has 1 aromatic heterocycles. The molecule has 0 radical (unpaired) electrons. The van der Waals surface area contributed by atoms with E-state index in [1.165, 1.54) is 0 Å². The first-order chi connectivity index (χ1) is 9.15. The molecule has 0 amide bonds. The van der Waals surface area contributed by atoms with Gasteiger partial charge in [0.15, 0.2) is 0 Å². The molecule has 102 valence electrons. The van der Waals surface area contributed by atoms with Gasteiger partial charge < -0.3 is 9.30 Å². The van der Waals surface area contributed by atoms with Crippen molar-refractivity contribution in [2.75, 3.05) is 13.2 Å². The number of alkyl halides is 1. The molecular formula is C14H16Cl2N2O. The first-order valence-corrected chi connectivity index (χ1v) is 7.34. The van der Waals surface area contributed by atoms with Crippen molar-refractivity contribution in [3.8, 4) is 0 Å². The summed E-state index contributed by atoms with van der Waals surface area (Å²) in [6.07, 6.45) is 1.10. The first-order valence-electron chi connectivity index (χ1n) is 6.52. The van der Waals surface area contributed by atoms with E-state index in [9.17, 15) is 0 Å². The summed E-state index contributed by atoms with van der Waals surface area (Å²) < 4.78 is 7.66. The lowest BCUT2D eigenvalue weighted by atomic mass is 10.1. The number of nitrogens with zero attached hydrogens (tertiary/aromatic N) is 2. The zero-order chi connectivity index (χ0) is 13.4. The van der Waals surface area contributed by atoms with Gasteiger partial charge >= 0.3 is 0 Å². The predicted molar refractivity (Wildman–Crippen MR) is 77.9 cm³/mol. The molecule has 19 heavy (non-hydrogen) atoms. The Balaban J connectivity index is 2.05. The molecule has 2 aromatic rings. The molecule has 2 unspecified atom stereocenters. The first kappa shape index (κ1) is 13.2. The highest BCUT2D eigenvalue weighted by Crippen LogP contribution is 2.28. The quantitative estimate of drug-likeness (QED) is 0.800. The summed E-state index contributed by atoms with van der Waals surface area (Å²) in [5, 5.41) is 0.587. The maximum atomic E-state index is 6.26. The van der Waals surface area contributed by atoms with Crippen LogP contribution in [-0.2, 0) is 11.3 Å². The molecule has 0 bridgehead atoms. The third-order valence-electron chi connectivity index (χ3n) is 3.56. The SMILES string of the molecule is CC(Cl)c1nc2cc(Cl)ccc2n1CC1CCOC1. The van der Waals surface area contributed by atoms with Gasteiger partial charge in [0, 0.05) is 24.1 Å². The second kappa shape index (κ2) is 5.31. The van der Waals surface area contributed by atoms with Crippen LogP contribution in [0.15, 0.2) is 18.2 Å². The second-order valence-corrected chi connectivity index (χ2v) is 6.15. The molecule has 3 nitrogen and oxygen atoms in total. The lowest BCUT2D eigenvalue weighted by Gasteiger charge is -2.14. The van der Waals surface area contributed by atoms with E-state index in [0.29, 0.717) is 10.9 Å². The second-order valence-electron chi connectivity index (χ2n) is 5.06. The summed E-state index contributed by atoms with van der Waals surface area (Å²) in [6.45, 7) is 4.54. The molecular weight excluding hydrogens is 283 g/mol. The van der Waals surface area contributed by atoms with Crippen LogP contribution in [0, 0.1) is 5.92 Å². The summed E-state index contributed by atoms with van der Waals surface area (Å²) in [6, 6.07) is 5.81. The van der Waals surface area contributed by atoms with Crippen LogP contribution in [0.2, 0.25) is 5.02 Å². The number of halogens is 2. The Morgan fingerprint density at radius 2 is 2.37 bits per heavy atom. The van der Waals surface area contributed by atoms with Gasteiger partial charge in [0.05, 0.1) is 23.0 Å². The highest BCUT2D eigenvalue weighted by Gasteiger charge is 2.21. The number of aromatic nitrogens is 2. The van der Waals surface area contributed by atoms with Gasteiger partial charge in [0.1, 0.15) is 5.82 Å². The fourth-order valence-electron chi connectivity index (χ4n) is 2.60. The zero-order valence-corrected chi connectivity index (χ0v) is 12.3. The van der Waals surface area contributed by atoms with Crippen LogP contribution in [-0.4, -0.2) is 22.8 Å². The average Bonchev–Trinajstić information content (AvgIpc) is 2.97. The average molecular weight is 299 g/mol. The molecule has 1 aliphatic rings. The number of imidazole rings is 1. The van der Waals surface area contributed by atoms with Crippen LogP contribution in [0.1, 0.15) is 24.5 Å². The van der Waals surface area contributed by atoms with Crippen LogP contribution in [0.3, 0.4) is 0 Å². The van der Waals surface area contributed by atoms with Gasteiger partial charge in [0.25, 0.3) is 0 Å². The molecule has 1 fully saturated rings. The van der Waals surface area contributed by atoms with Gasteiger partial charge in [-0.15, -0.1) is 11.6 Å². The Hall–Kier alpha value is -0.770. The molecule has 0 N–H and O–H groups in total. The van der Waals surface area contributed by atoms with E-state index >= 15 is 0 Å². The lowest BCUT2D eigenvalue weighted by molar-refractivity contribution is 0.182. The van der Waals surface area contributed by atoms with Crippen molar-refractivity contribution in [2.45, 2.75) is 25.3 Å². The van der Waals surface area contributed by atoms with Crippen LogP contribution >= 0.6 is 23.2 Å². The maximum absolute atomic E-state index is 6.26. The smallest absolute Gasteiger partial charge is 0.127 e. The zero-order valence-electron chi connectivity index (χ0n) is 10.8. The molecule has 1 aliphatic heterocycles. The summed E-state index contributed by atoms with van der Waals surface area (Å²) in [4.78, 5) is 4.62. The van der Waals surface area contributed by atoms with E-state index in [0.717, 1.165) is 43.0 Å². The Morgan fingerprint density at radius 3 is 3.05 bits per heavy atom. The molecule has 1 aromatic carbocycles. The van der Waals surface area contributed by atoms with E-state index in [-0.39, 0.29) is 5.38 Å². The van der Waals surface area contributed by atoms with E-state index in [2.05, 4.69) is 9.55 Å². The van der Waals surface area contributed by atoms with Gasteiger partial charge in [-0.2, -0.15) is 0 Å². The molecule has 0 spiro atoms. The highest BCUT2D eigenvalue weighted by atomic mass is 35.5. The fraction of sp³-hybridized carbons (Fsp3) is 0.500. The van der Waals surface area contributed by atoms with Crippen LogP contribution in [0.4, 0.5) is 0 Å². The Kier molecular flexibility index (Phi) is 3.70. The summed E-state index contributed by atoms with van der Waals surface area (Å²) in [5.41, 5.74) is 2.01. The number of hydrogen-bond donors (Lipinski definition) is 0. The lowest BCUT2D eigenvalue weighted by Crippen LogP contribution is -2.13. The van der Waals surface area contributed by atoms with Crippen molar-refractivity contribution in [1.82, 2.24) is 9.55 Å². The normalized spacial score (nSPS) is 21.1. The number of fused-ring (bicyclic) bond motifs is 1. The molecule has 0 saturated carbocycles. The van der Waals surface area contributed by atoms with E-state index in [4.69, 9.17) is 27.9 Å². The van der Waals surface area contributed by atoms with Crippen molar-refractivity contribution in [3.05, 3.63) is 29.0 Å². The Bertz CT molecular complexity index is 588. The van der Waals surface area contributed by atoms with E-state index in [1.807, 2.05) is 25.1 Å². The predicted octanol–water partition coefficient (Wildman–Crippen LogP) is 4.03. The van der Waals surface area contributed by atoms with Gasteiger partial charge in [-0.25, -0.2) is 4.98 Å². The van der Waals surface area contributed by atoms with Gasteiger partial charge in [-0.3, -0.25) is 0 Å². The van der Waals surface area contributed by atoms with Crippen molar-refractivity contribution in [1.29, 1.82) is 0 Å². The minimum atomic E-state index is -0.117. The largest absolute Gasteiger partial charge is 0.381 e. The fourth-order valence-corrected chi connectivity index (χ4v) is 2.94. The Labute approximate surface area is 122 Å². The number of benzene rings is 1. The molecule has 0 aliphatic carbocycles. The van der Waals surface area contributed by atoms with Crippen molar-refractivity contribution in [2.24, 2.45) is 5.92 Å². The molecule has 2 heterocycles. The van der Waals surface area contributed by atoms with Gasteiger partial charge in [-0.1, -0.05) is 11.6 Å². The van der Waals surface area contributed by atoms with Gasteiger partial charge in [-0.05, 0) is 31.5 Å². The summed E-state index contributed by atoms with van der Waals surface area (Å²) in [5.74, 6) is 1.45. The molecule has 5 heteroatoms. The third-order valence-corrected chi connectivity index (χ3v) is 3.99. The third kappa shape index (κ3) is 2.60. The van der Waals surface area contributed by atoms with Crippen LogP contribution < -0.4 is 0 Å². The summed E-state index contributed by atoms with van der Waals surface area (Å²) >= 11 is 12.3. The number of ether oxygens (including phenoxy) is 1. The standard InChI is InChI=1S/C14H16Cl2N2O/c1-9(15)14-17-12-6-11(16)2-3-13(12)18(14)7-10-4-5-19-8-10/h2-3,6,9-10H,4-5,7-8H2,1H3. The van der Waals surface area contributed by atoms with Crippen molar-refractivity contribution in [3.63, 3.8) is 0 Å². The van der Waals surface area contributed by atoms with Gasteiger partial charge in [0.2, 0.25) is 0 Å². The Morgan fingerprint density at radius 1 is 1.53 bits per heavy atom. The van der Waals surface area contributed by atoms with Crippen LogP contribution in [0.5, 0.6) is 0 Å². The maximum Gasteiger partial charge on any atom is 0.127 e. The molecule has 1 saturated heterocycles. The minimum absolute atomic E-state index is 0.117. The van der Waals surface area contributed by atoms with Crippen molar-refractivity contribution < 1.29 is 4.74 Å². The van der Waals surface area contributed by atoms with E-state index in [1.54, 1.807) is 0 Å². The minimum Gasteiger partial charge on any atom is -0.381 e. The van der Waals surface area contributed by atoms with Crippen molar-refractivity contribution >= 4 is 34.2 Å². The topological polar surface area (TPSA) is 27.1 Å². The monoisotopic (exact) mass is 298 g/mol.